The van der Waals surface area contributed by atoms with E-state index in [1.165, 1.54) is 14.8 Å². The van der Waals surface area contributed by atoms with Crippen LogP contribution in [-0.4, -0.2) is 48.6 Å². The predicted octanol–water partition coefficient (Wildman–Crippen LogP) is 2.18. The van der Waals surface area contributed by atoms with Crippen molar-refractivity contribution in [2.45, 2.75) is 30.7 Å². The third-order valence-corrected chi connectivity index (χ3v) is 7.01. The number of carbonyl (C=O) groups is 2. The summed E-state index contributed by atoms with van der Waals surface area (Å²) in [6, 6.07) is 14.5. The molecule has 0 spiro atoms. The van der Waals surface area contributed by atoms with Gasteiger partial charge in [-0.2, -0.15) is 4.31 Å². The van der Waals surface area contributed by atoms with E-state index in [2.05, 4.69) is 0 Å². The molecular weight excluding hydrogens is 364 g/mol. The van der Waals surface area contributed by atoms with E-state index in [9.17, 15) is 18.0 Å². The molecule has 0 aliphatic carbocycles. The van der Waals surface area contributed by atoms with Crippen LogP contribution in [-0.2, 0) is 19.6 Å². The summed E-state index contributed by atoms with van der Waals surface area (Å²) in [4.78, 5) is 25.0. The van der Waals surface area contributed by atoms with Crippen molar-refractivity contribution in [3.05, 3.63) is 54.1 Å². The van der Waals surface area contributed by atoms with E-state index in [4.69, 9.17) is 0 Å². The lowest BCUT2D eigenvalue weighted by molar-refractivity contribution is -0.143. The second-order valence-electron chi connectivity index (χ2n) is 7.02. The molecule has 2 amide bonds. The van der Waals surface area contributed by atoms with Gasteiger partial charge in [-0.3, -0.25) is 14.5 Å². The largest absolute Gasteiger partial charge is 0.277 e. The highest BCUT2D eigenvalue weighted by atomic mass is 32.2. The fourth-order valence-electron chi connectivity index (χ4n) is 3.49. The number of carbonyl (C=O) groups excluding carboxylic acids is 2. The van der Waals surface area contributed by atoms with Crippen LogP contribution in [0.5, 0.6) is 0 Å². The van der Waals surface area contributed by atoms with Crippen LogP contribution in [0.25, 0.3) is 11.1 Å². The molecule has 0 radical (unpaired) electrons. The van der Waals surface area contributed by atoms with Gasteiger partial charge in [0.15, 0.2) is 0 Å². The lowest BCUT2D eigenvalue weighted by atomic mass is 10.0. The van der Waals surface area contributed by atoms with Crippen molar-refractivity contribution in [1.29, 1.82) is 0 Å². The van der Waals surface area contributed by atoms with Gasteiger partial charge in [-0.25, -0.2) is 8.42 Å². The van der Waals surface area contributed by atoms with Crippen molar-refractivity contribution in [2.75, 3.05) is 13.1 Å². The van der Waals surface area contributed by atoms with Gasteiger partial charge in [0.2, 0.25) is 21.8 Å². The Labute approximate surface area is 158 Å². The third kappa shape index (κ3) is 3.17. The molecule has 2 heterocycles. The average molecular weight is 384 g/mol. The first kappa shape index (κ1) is 17.9. The van der Waals surface area contributed by atoms with Crippen LogP contribution in [0.3, 0.4) is 0 Å². The highest BCUT2D eigenvalue weighted by Gasteiger charge is 2.45. The van der Waals surface area contributed by atoms with E-state index >= 15 is 0 Å². The molecule has 2 fully saturated rings. The van der Waals surface area contributed by atoms with Gasteiger partial charge in [0.1, 0.15) is 0 Å². The zero-order chi connectivity index (χ0) is 19.2. The molecule has 140 valence electrons. The van der Waals surface area contributed by atoms with Gasteiger partial charge >= 0.3 is 0 Å². The van der Waals surface area contributed by atoms with E-state index in [-0.39, 0.29) is 48.7 Å². The number of amides is 2. The van der Waals surface area contributed by atoms with E-state index in [0.29, 0.717) is 0 Å². The second-order valence-corrected chi connectivity index (χ2v) is 8.96. The van der Waals surface area contributed by atoms with Crippen LogP contribution in [0.4, 0.5) is 0 Å². The first-order chi connectivity index (χ1) is 12.9. The van der Waals surface area contributed by atoms with Crippen LogP contribution in [0.1, 0.15) is 18.4 Å². The maximum atomic E-state index is 12.8. The Morgan fingerprint density at radius 1 is 0.815 bits per heavy atom. The topological polar surface area (TPSA) is 74.8 Å². The van der Waals surface area contributed by atoms with Crippen LogP contribution < -0.4 is 0 Å². The van der Waals surface area contributed by atoms with Crippen molar-refractivity contribution in [3.63, 3.8) is 0 Å². The number of rotatable bonds is 4. The summed E-state index contributed by atoms with van der Waals surface area (Å²) in [6.45, 7) is 2.35. The molecule has 0 aromatic heterocycles. The minimum absolute atomic E-state index is 0.166. The quantitative estimate of drug-likeness (QED) is 0.758. The van der Waals surface area contributed by atoms with Gasteiger partial charge in [0.25, 0.3) is 0 Å². The maximum absolute atomic E-state index is 12.8. The number of benzene rings is 2. The van der Waals surface area contributed by atoms with Crippen molar-refractivity contribution >= 4 is 21.8 Å². The predicted molar refractivity (Wildman–Crippen MR) is 100 cm³/mol. The fourth-order valence-corrected chi connectivity index (χ4v) is 5.01. The Kier molecular flexibility index (Phi) is 4.36. The minimum atomic E-state index is -3.62. The molecule has 2 aliphatic heterocycles. The number of hydrogen-bond acceptors (Lipinski definition) is 4. The Hall–Kier alpha value is -2.51. The van der Waals surface area contributed by atoms with Crippen molar-refractivity contribution in [2.24, 2.45) is 0 Å². The number of imide groups is 1. The summed E-state index contributed by atoms with van der Waals surface area (Å²) >= 11 is 0. The number of sulfonamides is 1. The van der Waals surface area contributed by atoms with E-state index in [1.807, 2.05) is 31.2 Å². The molecule has 0 saturated carbocycles. The van der Waals surface area contributed by atoms with Gasteiger partial charge in [-0.15, -0.1) is 0 Å². The first-order valence-electron chi connectivity index (χ1n) is 8.88. The van der Waals surface area contributed by atoms with Gasteiger partial charge in [-0.1, -0.05) is 42.0 Å². The number of nitrogens with zero attached hydrogens (tertiary/aromatic N) is 2. The number of hydrogen-bond donors (Lipinski definition) is 0. The average Bonchev–Trinajstić information content (AvgIpc) is 2.94. The highest BCUT2D eigenvalue weighted by molar-refractivity contribution is 7.89. The maximum Gasteiger partial charge on any atom is 0.243 e. The summed E-state index contributed by atoms with van der Waals surface area (Å²) in [6.07, 6.45) is 0.450. The molecule has 27 heavy (non-hydrogen) atoms. The first-order valence-corrected chi connectivity index (χ1v) is 10.3. The third-order valence-electron chi connectivity index (χ3n) is 5.16. The lowest BCUT2D eigenvalue weighted by Gasteiger charge is -2.41. The lowest BCUT2D eigenvalue weighted by Crippen LogP contribution is -2.62. The van der Waals surface area contributed by atoms with Crippen LogP contribution in [0, 0.1) is 6.92 Å². The summed E-state index contributed by atoms with van der Waals surface area (Å²) in [7, 11) is -3.62. The number of aryl methyl sites for hydroxylation is 1. The Bertz CT molecular complexity index is 975. The molecule has 2 saturated heterocycles. The number of likely N-dealkylation sites (tertiary alicyclic amines) is 1. The van der Waals surface area contributed by atoms with Gasteiger partial charge in [0.05, 0.1) is 10.9 Å². The summed E-state index contributed by atoms with van der Waals surface area (Å²) in [5.41, 5.74) is 3.14. The smallest absolute Gasteiger partial charge is 0.243 e. The molecule has 2 aromatic rings. The molecule has 0 unspecified atom stereocenters. The van der Waals surface area contributed by atoms with Gasteiger partial charge in [-0.05, 0) is 30.2 Å². The molecule has 0 bridgehead atoms. The van der Waals surface area contributed by atoms with Crippen molar-refractivity contribution in [3.8, 4) is 11.1 Å². The summed E-state index contributed by atoms with van der Waals surface area (Å²) in [5.74, 6) is -0.408. The van der Waals surface area contributed by atoms with Crippen LogP contribution in [0.15, 0.2) is 53.4 Å². The Balaban J connectivity index is 1.47. The standard InChI is InChI=1S/C20H20N2O4S/c1-14-2-4-15(5-3-14)16-6-8-18(9-7-16)27(25,26)21-12-17(13-21)22-19(23)10-11-20(22)24/h2-9,17H,10-13H2,1H3. The molecule has 2 aromatic carbocycles. The normalized spacial score (nSPS) is 18.8. The Morgan fingerprint density at radius 3 is 1.81 bits per heavy atom. The highest BCUT2D eigenvalue weighted by Crippen LogP contribution is 2.29. The van der Waals surface area contributed by atoms with Crippen molar-refractivity contribution in [1.82, 2.24) is 9.21 Å². The van der Waals surface area contributed by atoms with Gasteiger partial charge in [0, 0.05) is 25.9 Å². The molecule has 4 rings (SSSR count). The molecular formula is C20H20N2O4S. The fraction of sp³-hybridized carbons (Fsp3) is 0.300. The van der Waals surface area contributed by atoms with Gasteiger partial charge < -0.3 is 0 Å². The molecule has 0 N–H and O–H groups in total. The van der Waals surface area contributed by atoms with Crippen LogP contribution in [0.2, 0.25) is 0 Å². The molecule has 7 heteroatoms. The van der Waals surface area contributed by atoms with Crippen LogP contribution >= 0.6 is 0 Å². The summed E-state index contributed by atoms with van der Waals surface area (Å²) in [5, 5.41) is 0. The summed E-state index contributed by atoms with van der Waals surface area (Å²) < 4.78 is 26.9. The Morgan fingerprint density at radius 2 is 1.30 bits per heavy atom. The minimum Gasteiger partial charge on any atom is -0.277 e. The monoisotopic (exact) mass is 384 g/mol. The zero-order valence-corrected chi connectivity index (χ0v) is 15.8. The zero-order valence-electron chi connectivity index (χ0n) is 15.0. The van der Waals surface area contributed by atoms with E-state index in [1.54, 1.807) is 24.3 Å². The van der Waals surface area contributed by atoms with Crippen molar-refractivity contribution < 1.29 is 18.0 Å². The second kappa shape index (κ2) is 6.58. The SMILES string of the molecule is Cc1ccc(-c2ccc(S(=O)(=O)N3CC(N4C(=O)CCC4=O)C3)cc2)cc1. The molecule has 0 atom stereocenters. The van der Waals surface area contributed by atoms with E-state index < -0.39 is 10.0 Å². The molecule has 6 nitrogen and oxygen atoms in total. The molecule has 2 aliphatic rings. The van der Waals surface area contributed by atoms with E-state index in [0.717, 1.165) is 11.1 Å².